The van der Waals surface area contributed by atoms with Crippen LogP contribution in [-0.2, 0) is 4.79 Å². The van der Waals surface area contributed by atoms with Gasteiger partial charge in [-0.2, -0.15) is 10.2 Å². The zero-order chi connectivity index (χ0) is 21.4. The van der Waals surface area contributed by atoms with Gasteiger partial charge in [-0.1, -0.05) is 60.7 Å². The molecule has 1 aromatic heterocycles. The fourth-order valence-electron chi connectivity index (χ4n) is 4.09. The van der Waals surface area contributed by atoms with Crippen LogP contribution in [0, 0.1) is 17.2 Å². The normalized spacial score (nSPS) is 17.5. The minimum atomic E-state index is -1.05. The number of anilines is 3. The summed E-state index contributed by atoms with van der Waals surface area (Å²) in [6.07, 6.45) is 0. The van der Waals surface area contributed by atoms with Gasteiger partial charge in [-0.25, -0.2) is 0 Å². The van der Waals surface area contributed by atoms with Gasteiger partial charge in [0.1, 0.15) is 11.7 Å². The Hall–Kier alpha value is -4.44. The van der Waals surface area contributed by atoms with Crippen molar-refractivity contribution in [3.05, 3.63) is 94.3 Å². The lowest BCUT2D eigenvalue weighted by molar-refractivity contribution is -0.119. The maximum absolute atomic E-state index is 13.2. The lowest BCUT2D eigenvalue weighted by Crippen LogP contribution is -2.38. The van der Waals surface area contributed by atoms with Gasteiger partial charge in [0.25, 0.3) is 5.56 Å². The van der Waals surface area contributed by atoms with Crippen molar-refractivity contribution in [2.45, 2.75) is 5.92 Å². The Labute approximate surface area is 177 Å². The monoisotopic (exact) mass is 407 g/mol. The molecule has 5 rings (SSSR count). The number of rotatable bonds is 3. The molecule has 2 heterocycles. The molecule has 0 saturated carbocycles. The summed E-state index contributed by atoms with van der Waals surface area (Å²) in [5.74, 6) is -1.88. The molecule has 2 atom stereocenters. The number of hydrogen-bond acceptors (Lipinski definition) is 5. The molecule has 1 amide bonds. The van der Waals surface area contributed by atoms with Gasteiger partial charge >= 0.3 is 0 Å². The van der Waals surface area contributed by atoms with Crippen LogP contribution < -0.4 is 16.2 Å². The van der Waals surface area contributed by atoms with Crippen molar-refractivity contribution in [1.29, 1.82) is 5.26 Å². The van der Waals surface area contributed by atoms with Gasteiger partial charge in [-0.05, 0) is 28.5 Å². The van der Waals surface area contributed by atoms with Gasteiger partial charge in [-0.15, -0.1) is 0 Å². The van der Waals surface area contributed by atoms with Crippen LogP contribution in [0.25, 0.3) is 10.8 Å². The van der Waals surface area contributed by atoms with Crippen molar-refractivity contribution in [2.24, 2.45) is 5.92 Å². The van der Waals surface area contributed by atoms with Gasteiger partial charge in [0, 0.05) is 11.6 Å². The van der Waals surface area contributed by atoms with Gasteiger partial charge < -0.3 is 10.6 Å². The van der Waals surface area contributed by atoms with E-state index in [-0.39, 0.29) is 17.3 Å². The Morgan fingerprint density at radius 2 is 1.68 bits per heavy atom. The second kappa shape index (κ2) is 7.43. The molecule has 0 saturated heterocycles. The molecule has 0 spiro atoms. The molecule has 1 aliphatic heterocycles. The molecular formula is C24H17N5O2. The molecule has 3 N–H and O–H groups in total. The van der Waals surface area contributed by atoms with E-state index in [4.69, 9.17) is 0 Å². The van der Waals surface area contributed by atoms with E-state index in [0.29, 0.717) is 0 Å². The Kier molecular flexibility index (Phi) is 4.45. The third kappa shape index (κ3) is 3.20. The number of nitrogens with zero attached hydrogens (tertiary/aromatic N) is 2. The van der Waals surface area contributed by atoms with Crippen LogP contribution in [0.1, 0.15) is 17.0 Å². The number of hydrogen-bond donors (Lipinski definition) is 3. The van der Waals surface area contributed by atoms with Crippen molar-refractivity contribution < 1.29 is 4.79 Å². The van der Waals surface area contributed by atoms with Crippen LogP contribution in [0.15, 0.2) is 77.6 Å². The molecule has 0 bridgehead atoms. The topological polar surface area (TPSA) is 111 Å². The van der Waals surface area contributed by atoms with E-state index < -0.39 is 23.3 Å². The van der Waals surface area contributed by atoms with E-state index in [0.717, 1.165) is 22.0 Å². The van der Waals surface area contributed by atoms with Crippen molar-refractivity contribution in [3.63, 3.8) is 0 Å². The van der Waals surface area contributed by atoms with Crippen LogP contribution in [-0.4, -0.2) is 15.9 Å². The Bertz CT molecular complexity index is 1400. The Morgan fingerprint density at radius 3 is 2.48 bits per heavy atom. The first-order valence-electron chi connectivity index (χ1n) is 9.80. The number of carbonyl (C=O) groups is 1. The van der Waals surface area contributed by atoms with E-state index in [1.807, 2.05) is 72.8 Å². The maximum atomic E-state index is 13.2. The fourth-order valence-corrected chi connectivity index (χ4v) is 4.09. The third-order valence-corrected chi connectivity index (χ3v) is 5.46. The SMILES string of the molecule is N#C[C@@H]1C(=O)Nc2nc(Nc3ccccc3)[nH]c(=O)c2[C@H]1c1cccc2ccccc12. The van der Waals surface area contributed by atoms with Gasteiger partial charge in [-0.3, -0.25) is 14.6 Å². The summed E-state index contributed by atoms with van der Waals surface area (Å²) >= 11 is 0. The van der Waals surface area contributed by atoms with Crippen LogP contribution in [0.5, 0.6) is 0 Å². The first kappa shape index (κ1) is 18.6. The molecule has 0 radical (unpaired) electrons. The summed E-state index contributed by atoms with van der Waals surface area (Å²) in [5.41, 5.74) is 1.37. The zero-order valence-electron chi connectivity index (χ0n) is 16.3. The molecule has 4 aromatic rings. The number of fused-ring (bicyclic) bond motifs is 2. The van der Waals surface area contributed by atoms with Crippen LogP contribution in [0.4, 0.5) is 17.5 Å². The van der Waals surface area contributed by atoms with E-state index >= 15 is 0 Å². The van der Waals surface area contributed by atoms with E-state index in [1.165, 1.54) is 0 Å². The summed E-state index contributed by atoms with van der Waals surface area (Å²) in [4.78, 5) is 33.1. The lowest BCUT2D eigenvalue weighted by Gasteiger charge is -2.29. The highest BCUT2D eigenvalue weighted by Crippen LogP contribution is 2.40. The first-order chi connectivity index (χ1) is 15.2. The fraction of sp³-hybridized carbons (Fsp3) is 0.0833. The summed E-state index contributed by atoms with van der Waals surface area (Å²) in [7, 11) is 0. The molecule has 3 aromatic carbocycles. The Morgan fingerprint density at radius 1 is 0.935 bits per heavy atom. The van der Waals surface area contributed by atoms with Crippen LogP contribution >= 0.6 is 0 Å². The summed E-state index contributed by atoms with van der Waals surface area (Å²) in [6, 6.07) is 24.7. The zero-order valence-corrected chi connectivity index (χ0v) is 16.3. The van der Waals surface area contributed by atoms with Gasteiger partial charge in [0.15, 0.2) is 0 Å². The number of benzene rings is 3. The minimum absolute atomic E-state index is 0.164. The molecule has 7 nitrogen and oxygen atoms in total. The van der Waals surface area contributed by atoms with Crippen molar-refractivity contribution in [3.8, 4) is 6.07 Å². The van der Waals surface area contributed by atoms with Gasteiger partial charge in [0.2, 0.25) is 11.9 Å². The molecule has 0 fully saturated rings. The number of nitriles is 1. The van der Waals surface area contributed by atoms with Crippen LogP contribution in [0.3, 0.4) is 0 Å². The van der Waals surface area contributed by atoms with E-state index in [2.05, 4.69) is 26.7 Å². The Balaban J connectivity index is 1.69. The molecular weight excluding hydrogens is 390 g/mol. The number of carbonyl (C=O) groups excluding carboxylic acids is 1. The van der Waals surface area contributed by atoms with Crippen molar-refractivity contribution >= 4 is 34.1 Å². The second-order valence-corrected chi connectivity index (χ2v) is 7.31. The molecule has 0 unspecified atom stereocenters. The number of para-hydroxylation sites is 1. The summed E-state index contributed by atoms with van der Waals surface area (Å²) < 4.78 is 0. The number of aromatic amines is 1. The standard InChI is InChI=1S/C24H17N5O2/c25-13-18-19(17-12-6-8-14-7-4-5-11-16(14)17)20-21(27-22(18)30)28-24(29-23(20)31)26-15-9-2-1-3-10-15/h1-12,18-19H,(H3,26,27,28,29,30,31)/t18-,19-/m0/s1. The summed E-state index contributed by atoms with van der Waals surface area (Å²) in [5, 5.41) is 17.3. The number of H-pyrrole nitrogens is 1. The predicted molar refractivity (Wildman–Crippen MR) is 118 cm³/mol. The molecule has 1 aliphatic rings. The highest BCUT2D eigenvalue weighted by atomic mass is 16.2. The second-order valence-electron chi connectivity index (χ2n) is 7.31. The van der Waals surface area contributed by atoms with Crippen molar-refractivity contribution in [1.82, 2.24) is 9.97 Å². The highest BCUT2D eigenvalue weighted by molar-refractivity contribution is 5.99. The number of nitrogens with one attached hydrogen (secondary N) is 3. The largest absolute Gasteiger partial charge is 0.326 e. The smallest absolute Gasteiger partial charge is 0.258 e. The third-order valence-electron chi connectivity index (χ3n) is 5.46. The first-order valence-corrected chi connectivity index (χ1v) is 9.80. The minimum Gasteiger partial charge on any atom is -0.326 e. The van der Waals surface area contributed by atoms with Crippen LogP contribution in [0.2, 0.25) is 0 Å². The van der Waals surface area contributed by atoms with Crippen molar-refractivity contribution in [2.75, 3.05) is 10.6 Å². The molecule has 31 heavy (non-hydrogen) atoms. The molecule has 7 heteroatoms. The summed E-state index contributed by atoms with van der Waals surface area (Å²) in [6.45, 7) is 0. The molecule has 150 valence electrons. The number of amides is 1. The predicted octanol–water partition coefficient (Wildman–Crippen LogP) is 3.89. The van der Waals surface area contributed by atoms with E-state index in [9.17, 15) is 14.9 Å². The number of aromatic nitrogens is 2. The molecule has 0 aliphatic carbocycles. The quantitative estimate of drug-likeness (QED) is 0.477. The lowest BCUT2D eigenvalue weighted by atomic mass is 9.77. The van der Waals surface area contributed by atoms with E-state index in [1.54, 1.807) is 0 Å². The maximum Gasteiger partial charge on any atom is 0.258 e. The van der Waals surface area contributed by atoms with Gasteiger partial charge in [0.05, 0.1) is 11.6 Å². The average molecular weight is 407 g/mol. The highest BCUT2D eigenvalue weighted by Gasteiger charge is 2.40. The average Bonchev–Trinajstić information content (AvgIpc) is 2.78.